The maximum Gasteiger partial charge on any atom is 0.304 e. The van der Waals surface area contributed by atoms with Gasteiger partial charge in [0.05, 0.1) is 11.0 Å². The number of aliphatic hydroxyl groups is 1. The summed E-state index contributed by atoms with van der Waals surface area (Å²) in [5, 5.41) is 21.5. The van der Waals surface area contributed by atoms with E-state index >= 15 is 0 Å². The van der Waals surface area contributed by atoms with E-state index in [-0.39, 0.29) is 10.6 Å². The molecule has 1 aromatic rings. The largest absolute Gasteiger partial charge is 0.388 e. The minimum absolute atomic E-state index is 0.143. The molecule has 0 saturated heterocycles. The van der Waals surface area contributed by atoms with Gasteiger partial charge in [-0.25, -0.2) is 0 Å². The summed E-state index contributed by atoms with van der Waals surface area (Å²) < 4.78 is 0. The molecule has 1 N–H and O–H groups in total. The zero-order valence-electron chi connectivity index (χ0n) is 11.3. The van der Waals surface area contributed by atoms with E-state index < -0.39 is 6.10 Å². The third-order valence-electron chi connectivity index (χ3n) is 3.32. The Morgan fingerprint density at radius 3 is 2.79 bits per heavy atom. The van der Waals surface area contributed by atoms with E-state index in [1.807, 2.05) is 0 Å². The molecule has 1 atom stereocenters. The molecule has 19 heavy (non-hydrogen) atoms. The summed E-state index contributed by atoms with van der Waals surface area (Å²) >= 11 is 1.36. The smallest absolute Gasteiger partial charge is 0.304 e. The summed E-state index contributed by atoms with van der Waals surface area (Å²) in [5.74, 6) is 0. The summed E-state index contributed by atoms with van der Waals surface area (Å²) in [4.78, 5) is 13.7. The monoisotopic (exact) mass is 284 g/mol. The number of unbranched alkanes of at least 4 members (excludes halogenated alkanes) is 1. The molecule has 2 rings (SSSR count). The molecule has 1 fully saturated rings. The Bertz CT molecular complexity index is 455. The van der Waals surface area contributed by atoms with Gasteiger partial charge in [-0.3, -0.25) is 10.1 Å². The number of rotatable bonds is 7. The van der Waals surface area contributed by atoms with Crippen LogP contribution in [0.25, 0.3) is 0 Å². The van der Waals surface area contributed by atoms with E-state index in [0.717, 1.165) is 37.2 Å². The van der Waals surface area contributed by atoms with Crippen molar-refractivity contribution in [2.24, 2.45) is 0 Å². The molecular weight excluding hydrogens is 264 g/mol. The molecule has 6 heteroatoms. The van der Waals surface area contributed by atoms with E-state index in [9.17, 15) is 15.2 Å². The van der Waals surface area contributed by atoms with Gasteiger partial charge >= 0.3 is 5.69 Å². The van der Waals surface area contributed by atoms with Crippen molar-refractivity contribution >= 4 is 22.0 Å². The van der Waals surface area contributed by atoms with Crippen LogP contribution in [0, 0.1) is 10.1 Å². The summed E-state index contributed by atoms with van der Waals surface area (Å²) in [6.45, 7) is 4.63. The van der Waals surface area contributed by atoms with E-state index in [1.165, 1.54) is 17.4 Å². The first kappa shape index (κ1) is 14.3. The topological polar surface area (TPSA) is 66.6 Å². The third-order valence-corrected chi connectivity index (χ3v) is 4.65. The van der Waals surface area contributed by atoms with E-state index in [0.29, 0.717) is 10.9 Å². The van der Waals surface area contributed by atoms with Gasteiger partial charge in [-0.2, -0.15) is 0 Å². The second-order valence-corrected chi connectivity index (χ2v) is 6.11. The van der Waals surface area contributed by atoms with Crippen LogP contribution in [0.3, 0.4) is 0 Å². The number of hydrogen-bond acceptors (Lipinski definition) is 5. The summed E-state index contributed by atoms with van der Waals surface area (Å²) in [6, 6.07) is 1.97. The number of nitrogens with zero attached hydrogens (tertiary/aromatic N) is 2. The Morgan fingerprint density at radius 1 is 1.63 bits per heavy atom. The lowest BCUT2D eigenvalue weighted by Crippen LogP contribution is -2.26. The highest BCUT2D eigenvalue weighted by Crippen LogP contribution is 2.44. The van der Waals surface area contributed by atoms with Crippen molar-refractivity contribution < 1.29 is 10.0 Å². The van der Waals surface area contributed by atoms with Crippen LogP contribution in [0.1, 0.15) is 50.5 Å². The van der Waals surface area contributed by atoms with Crippen molar-refractivity contribution in [2.45, 2.75) is 51.7 Å². The van der Waals surface area contributed by atoms with Gasteiger partial charge in [-0.1, -0.05) is 13.3 Å². The average molecular weight is 284 g/mol. The molecule has 0 spiro atoms. The Hall–Kier alpha value is -1.14. The standard InChI is InChI=1S/C13H20N2O3S/c1-3-4-7-14(10-5-6-10)13-11(15(17)18)8-12(19-13)9(2)16/h8-10,16H,3-7H2,1-2H3/t9-/m1/s1. The normalized spacial score (nSPS) is 16.4. The molecule has 0 amide bonds. The van der Waals surface area contributed by atoms with E-state index in [1.54, 1.807) is 6.92 Å². The fourth-order valence-corrected chi connectivity index (χ4v) is 3.26. The van der Waals surface area contributed by atoms with Gasteiger partial charge < -0.3 is 10.0 Å². The fraction of sp³-hybridized carbons (Fsp3) is 0.692. The summed E-state index contributed by atoms with van der Waals surface area (Å²) in [6.07, 6.45) is 3.69. The van der Waals surface area contributed by atoms with Crippen molar-refractivity contribution in [3.8, 4) is 0 Å². The van der Waals surface area contributed by atoms with Gasteiger partial charge in [0, 0.05) is 23.5 Å². The molecule has 106 valence electrons. The molecule has 0 aliphatic heterocycles. The Balaban J connectivity index is 2.31. The second-order valence-electron chi connectivity index (χ2n) is 5.05. The molecule has 1 aliphatic carbocycles. The lowest BCUT2D eigenvalue weighted by Gasteiger charge is -2.21. The minimum Gasteiger partial charge on any atom is -0.388 e. The molecule has 0 bridgehead atoms. The van der Waals surface area contributed by atoms with Crippen LogP contribution in [-0.2, 0) is 0 Å². The van der Waals surface area contributed by atoms with Crippen LogP contribution in [0.2, 0.25) is 0 Å². The highest BCUT2D eigenvalue weighted by atomic mass is 32.1. The second kappa shape index (κ2) is 5.88. The van der Waals surface area contributed by atoms with Crippen molar-refractivity contribution in [1.82, 2.24) is 0 Å². The number of anilines is 1. The molecule has 0 aromatic carbocycles. The number of nitro groups is 1. The molecular formula is C13H20N2O3S. The molecule has 1 aliphatic rings. The number of aliphatic hydroxyl groups excluding tert-OH is 1. The van der Waals surface area contributed by atoms with Gasteiger partial charge in [-0.05, 0) is 26.2 Å². The highest BCUT2D eigenvalue weighted by molar-refractivity contribution is 7.16. The van der Waals surface area contributed by atoms with E-state index in [2.05, 4.69) is 11.8 Å². The van der Waals surface area contributed by atoms with Gasteiger partial charge in [0.25, 0.3) is 0 Å². The fourth-order valence-electron chi connectivity index (χ4n) is 2.10. The lowest BCUT2D eigenvalue weighted by molar-refractivity contribution is -0.383. The molecule has 1 heterocycles. The zero-order chi connectivity index (χ0) is 14.0. The van der Waals surface area contributed by atoms with Crippen LogP contribution in [0.5, 0.6) is 0 Å². The highest BCUT2D eigenvalue weighted by Gasteiger charge is 2.34. The number of thiophene rings is 1. The van der Waals surface area contributed by atoms with E-state index in [4.69, 9.17) is 0 Å². The summed E-state index contributed by atoms with van der Waals surface area (Å²) in [5.41, 5.74) is 0.143. The third kappa shape index (κ3) is 3.25. The van der Waals surface area contributed by atoms with Crippen molar-refractivity contribution in [3.63, 3.8) is 0 Å². The van der Waals surface area contributed by atoms with Crippen LogP contribution in [-0.4, -0.2) is 22.6 Å². The van der Waals surface area contributed by atoms with Crippen molar-refractivity contribution in [2.75, 3.05) is 11.4 Å². The maximum atomic E-state index is 11.2. The predicted molar refractivity (Wildman–Crippen MR) is 76.9 cm³/mol. The lowest BCUT2D eigenvalue weighted by atomic mass is 10.3. The Labute approximate surface area is 117 Å². The minimum atomic E-state index is -0.648. The van der Waals surface area contributed by atoms with Crippen LogP contribution < -0.4 is 4.90 Å². The van der Waals surface area contributed by atoms with Gasteiger partial charge in [-0.15, -0.1) is 11.3 Å². The van der Waals surface area contributed by atoms with Gasteiger partial charge in [0.1, 0.15) is 0 Å². The van der Waals surface area contributed by atoms with Gasteiger partial charge in [0.2, 0.25) is 0 Å². The van der Waals surface area contributed by atoms with Crippen molar-refractivity contribution in [3.05, 3.63) is 21.1 Å². The Morgan fingerprint density at radius 2 is 2.32 bits per heavy atom. The molecule has 1 saturated carbocycles. The quantitative estimate of drug-likeness (QED) is 0.615. The summed E-state index contributed by atoms with van der Waals surface area (Å²) in [7, 11) is 0. The number of hydrogen-bond donors (Lipinski definition) is 1. The first-order valence-electron chi connectivity index (χ1n) is 6.77. The molecule has 5 nitrogen and oxygen atoms in total. The first-order valence-corrected chi connectivity index (χ1v) is 7.59. The molecule has 0 radical (unpaired) electrons. The van der Waals surface area contributed by atoms with Crippen LogP contribution in [0.4, 0.5) is 10.7 Å². The maximum absolute atomic E-state index is 11.2. The SMILES string of the molecule is CCCCN(c1sc([C@@H](C)O)cc1[N+](=O)[O-])C1CC1. The van der Waals surface area contributed by atoms with Crippen LogP contribution in [0.15, 0.2) is 6.07 Å². The average Bonchev–Trinajstić information content (AvgIpc) is 3.07. The predicted octanol–water partition coefficient (Wildman–Crippen LogP) is 3.48. The van der Waals surface area contributed by atoms with Gasteiger partial charge in [0.15, 0.2) is 5.00 Å². The van der Waals surface area contributed by atoms with Crippen LogP contribution >= 0.6 is 11.3 Å². The zero-order valence-corrected chi connectivity index (χ0v) is 12.2. The molecule has 0 unspecified atom stereocenters. The first-order chi connectivity index (χ1) is 9.04. The van der Waals surface area contributed by atoms with Crippen molar-refractivity contribution in [1.29, 1.82) is 0 Å². The Kier molecular flexibility index (Phi) is 4.42. The molecule has 1 aromatic heterocycles.